The molecule has 24 heavy (non-hydrogen) atoms. The van der Waals surface area contributed by atoms with Gasteiger partial charge in [0.25, 0.3) is 0 Å². The van der Waals surface area contributed by atoms with Crippen molar-refractivity contribution < 1.29 is 5.11 Å². The van der Waals surface area contributed by atoms with Gasteiger partial charge in [0.2, 0.25) is 0 Å². The lowest BCUT2D eigenvalue weighted by molar-refractivity contribution is 0.271. The van der Waals surface area contributed by atoms with Crippen LogP contribution in [0.5, 0.6) is 5.75 Å². The molecular weight excluding hydrogens is 300 g/mol. The highest BCUT2D eigenvalue weighted by Gasteiger charge is 2.16. The number of pyridine rings is 1. The lowest BCUT2D eigenvalue weighted by atomic mass is 10.1. The smallest absolute Gasteiger partial charge is 0.128 e. The standard InChI is InChI=1S/C19H22N4O/c1-2-6-16-7-5-8-17(19(16)24)15-21-23-13-11-22(12-14-23)18-9-3-4-10-20-18/h2-5,7-10,15,24H,1,6,11-14H2/b21-15-. The molecule has 0 unspecified atom stereocenters. The second kappa shape index (κ2) is 7.64. The molecule has 5 heteroatoms. The maximum Gasteiger partial charge on any atom is 0.128 e. The normalized spacial score (nSPS) is 15.0. The summed E-state index contributed by atoms with van der Waals surface area (Å²) in [5.74, 6) is 1.30. The van der Waals surface area contributed by atoms with E-state index in [0.717, 1.165) is 43.1 Å². The Morgan fingerprint density at radius 3 is 2.67 bits per heavy atom. The Balaban J connectivity index is 1.61. The van der Waals surface area contributed by atoms with Crippen LogP contribution in [-0.2, 0) is 6.42 Å². The molecule has 124 valence electrons. The van der Waals surface area contributed by atoms with E-state index >= 15 is 0 Å². The molecule has 0 bridgehead atoms. The number of benzene rings is 1. The van der Waals surface area contributed by atoms with E-state index in [-0.39, 0.29) is 5.75 Å². The van der Waals surface area contributed by atoms with Crippen LogP contribution in [0.4, 0.5) is 5.82 Å². The first kappa shape index (κ1) is 16.1. The molecule has 0 saturated carbocycles. The zero-order chi connectivity index (χ0) is 16.8. The van der Waals surface area contributed by atoms with Gasteiger partial charge in [-0.05, 0) is 30.2 Å². The molecule has 0 radical (unpaired) electrons. The van der Waals surface area contributed by atoms with Gasteiger partial charge in [-0.2, -0.15) is 5.10 Å². The average molecular weight is 322 g/mol. The summed E-state index contributed by atoms with van der Waals surface area (Å²) in [6.45, 7) is 7.15. The largest absolute Gasteiger partial charge is 0.507 e. The Labute approximate surface area is 142 Å². The molecule has 0 spiro atoms. The van der Waals surface area contributed by atoms with Gasteiger partial charge in [-0.1, -0.05) is 24.3 Å². The SMILES string of the molecule is C=CCc1cccc(/C=N\N2CCN(c3ccccn3)CC2)c1O. The third-order valence-corrected chi connectivity index (χ3v) is 4.10. The van der Waals surface area contributed by atoms with E-state index in [0.29, 0.717) is 6.42 Å². The Morgan fingerprint density at radius 2 is 1.96 bits per heavy atom. The van der Waals surface area contributed by atoms with E-state index in [1.807, 2.05) is 47.6 Å². The number of nitrogens with zero attached hydrogens (tertiary/aromatic N) is 4. The third kappa shape index (κ3) is 3.74. The highest BCUT2D eigenvalue weighted by atomic mass is 16.3. The number of hydrogen-bond donors (Lipinski definition) is 1. The number of piperazine rings is 1. The van der Waals surface area contributed by atoms with Crippen molar-refractivity contribution in [2.75, 3.05) is 31.1 Å². The summed E-state index contributed by atoms with van der Waals surface area (Å²) >= 11 is 0. The number of phenols is 1. The Hall–Kier alpha value is -2.82. The van der Waals surface area contributed by atoms with E-state index in [1.54, 1.807) is 12.3 Å². The van der Waals surface area contributed by atoms with Gasteiger partial charge < -0.3 is 10.0 Å². The zero-order valence-electron chi connectivity index (χ0n) is 13.7. The number of aromatic hydroxyl groups is 1. The molecule has 1 saturated heterocycles. The van der Waals surface area contributed by atoms with Gasteiger partial charge in [0.05, 0.1) is 19.3 Å². The molecule has 1 aromatic carbocycles. The van der Waals surface area contributed by atoms with E-state index in [4.69, 9.17) is 0 Å². The lowest BCUT2D eigenvalue weighted by Gasteiger charge is -2.33. The Kier molecular flexibility index (Phi) is 5.11. The van der Waals surface area contributed by atoms with E-state index in [1.165, 1.54) is 0 Å². The summed E-state index contributed by atoms with van der Waals surface area (Å²) in [6.07, 6.45) is 5.99. The molecule has 1 aromatic heterocycles. The van der Waals surface area contributed by atoms with Crippen molar-refractivity contribution in [3.05, 3.63) is 66.4 Å². The maximum atomic E-state index is 10.3. The van der Waals surface area contributed by atoms with Gasteiger partial charge in [0.15, 0.2) is 0 Å². The van der Waals surface area contributed by atoms with Crippen LogP contribution in [0.15, 0.2) is 60.4 Å². The minimum absolute atomic E-state index is 0.285. The summed E-state index contributed by atoms with van der Waals surface area (Å²) in [6, 6.07) is 11.7. The first-order valence-electron chi connectivity index (χ1n) is 8.14. The monoisotopic (exact) mass is 322 g/mol. The van der Waals surface area contributed by atoms with E-state index < -0.39 is 0 Å². The van der Waals surface area contributed by atoms with Crippen LogP contribution >= 0.6 is 0 Å². The van der Waals surface area contributed by atoms with Crippen molar-refractivity contribution in [3.63, 3.8) is 0 Å². The lowest BCUT2D eigenvalue weighted by Crippen LogP contribution is -2.44. The molecule has 1 aliphatic rings. The first-order valence-corrected chi connectivity index (χ1v) is 8.14. The molecular formula is C19H22N4O. The number of hydrazone groups is 1. The average Bonchev–Trinajstić information content (AvgIpc) is 2.64. The predicted molar refractivity (Wildman–Crippen MR) is 97.6 cm³/mol. The van der Waals surface area contributed by atoms with Crippen LogP contribution < -0.4 is 4.90 Å². The number of phenolic OH excluding ortho intramolecular Hbond substituents is 1. The second-order valence-corrected chi connectivity index (χ2v) is 5.72. The van der Waals surface area contributed by atoms with Gasteiger partial charge in [-0.25, -0.2) is 4.98 Å². The van der Waals surface area contributed by atoms with Crippen molar-refractivity contribution >= 4 is 12.0 Å². The number of allylic oxidation sites excluding steroid dienone is 1. The van der Waals surface area contributed by atoms with Crippen LogP contribution in [-0.4, -0.2) is 47.5 Å². The molecule has 0 amide bonds. The van der Waals surface area contributed by atoms with Crippen LogP contribution in [0.1, 0.15) is 11.1 Å². The molecule has 3 rings (SSSR count). The van der Waals surface area contributed by atoms with Crippen molar-refractivity contribution in [1.82, 2.24) is 9.99 Å². The highest BCUT2D eigenvalue weighted by Crippen LogP contribution is 2.22. The van der Waals surface area contributed by atoms with Crippen molar-refractivity contribution in [1.29, 1.82) is 0 Å². The van der Waals surface area contributed by atoms with Gasteiger partial charge in [-0.3, -0.25) is 5.01 Å². The predicted octanol–water partition coefficient (Wildman–Crippen LogP) is 2.67. The third-order valence-electron chi connectivity index (χ3n) is 4.10. The molecule has 2 heterocycles. The highest BCUT2D eigenvalue weighted by molar-refractivity contribution is 5.83. The topological polar surface area (TPSA) is 52.0 Å². The van der Waals surface area contributed by atoms with Crippen LogP contribution in [0, 0.1) is 0 Å². The molecule has 2 aromatic rings. The second-order valence-electron chi connectivity index (χ2n) is 5.72. The van der Waals surface area contributed by atoms with E-state index in [2.05, 4.69) is 21.6 Å². The fraction of sp³-hybridized carbons (Fsp3) is 0.263. The minimum Gasteiger partial charge on any atom is -0.507 e. The summed E-state index contributed by atoms with van der Waals surface area (Å²) in [5, 5.41) is 16.8. The number of aromatic nitrogens is 1. The van der Waals surface area contributed by atoms with E-state index in [9.17, 15) is 5.11 Å². The molecule has 0 atom stereocenters. The van der Waals surface area contributed by atoms with Crippen molar-refractivity contribution in [3.8, 4) is 5.75 Å². The van der Waals surface area contributed by atoms with Gasteiger partial charge >= 0.3 is 0 Å². The molecule has 1 fully saturated rings. The minimum atomic E-state index is 0.285. The Morgan fingerprint density at radius 1 is 1.12 bits per heavy atom. The Bertz CT molecular complexity index is 707. The fourth-order valence-electron chi connectivity index (χ4n) is 2.76. The number of para-hydroxylation sites is 1. The molecule has 1 N–H and O–H groups in total. The number of anilines is 1. The van der Waals surface area contributed by atoms with Crippen LogP contribution in [0.2, 0.25) is 0 Å². The van der Waals surface area contributed by atoms with Gasteiger partial charge in [-0.15, -0.1) is 6.58 Å². The summed E-state index contributed by atoms with van der Waals surface area (Å²) in [7, 11) is 0. The first-order chi connectivity index (χ1) is 11.8. The zero-order valence-corrected chi connectivity index (χ0v) is 13.7. The summed E-state index contributed by atoms with van der Waals surface area (Å²) in [5.41, 5.74) is 1.61. The van der Waals surface area contributed by atoms with Crippen molar-refractivity contribution in [2.24, 2.45) is 5.10 Å². The quantitative estimate of drug-likeness (QED) is 0.679. The molecule has 1 aliphatic heterocycles. The summed E-state index contributed by atoms with van der Waals surface area (Å²) in [4.78, 5) is 6.65. The molecule has 5 nitrogen and oxygen atoms in total. The fourth-order valence-corrected chi connectivity index (χ4v) is 2.76. The maximum absolute atomic E-state index is 10.3. The number of rotatable bonds is 5. The summed E-state index contributed by atoms with van der Waals surface area (Å²) < 4.78 is 0. The van der Waals surface area contributed by atoms with Gasteiger partial charge in [0.1, 0.15) is 11.6 Å². The van der Waals surface area contributed by atoms with Crippen LogP contribution in [0.3, 0.4) is 0 Å². The van der Waals surface area contributed by atoms with Crippen LogP contribution in [0.25, 0.3) is 0 Å². The number of hydrogen-bond acceptors (Lipinski definition) is 5. The molecule has 0 aliphatic carbocycles. The van der Waals surface area contributed by atoms with Crippen molar-refractivity contribution in [2.45, 2.75) is 6.42 Å². The van der Waals surface area contributed by atoms with Gasteiger partial charge in [0, 0.05) is 24.8 Å².